The number of terminal acetylenes is 1. The number of amides is 1. The maximum Gasteiger partial charge on any atom is 0.225 e. The van der Waals surface area contributed by atoms with E-state index in [1.165, 1.54) is 0 Å². The van der Waals surface area contributed by atoms with E-state index in [0.717, 1.165) is 17.0 Å². The van der Waals surface area contributed by atoms with Crippen LogP contribution in [0, 0.1) is 24.3 Å². The van der Waals surface area contributed by atoms with Crippen molar-refractivity contribution in [3.63, 3.8) is 0 Å². The number of carbonyl (C=O) groups excluding carboxylic acids is 1. The maximum atomic E-state index is 12.2. The molecular weight excluding hydrogens is 339 g/mol. The molecule has 0 N–H and O–H groups in total. The van der Waals surface area contributed by atoms with Crippen molar-refractivity contribution in [2.24, 2.45) is 5.92 Å². The molecule has 0 bridgehead atoms. The summed E-state index contributed by atoms with van der Waals surface area (Å²) >= 11 is 0. The summed E-state index contributed by atoms with van der Waals surface area (Å²) in [4.78, 5) is 13.9. The van der Waals surface area contributed by atoms with Gasteiger partial charge >= 0.3 is 0 Å². The van der Waals surface area contributed by atoms with Crippen molar-refractivity contribution in [3.8, 4) is 18.1 Å². The van der Waals surface area contributed by atoms with E-state index < -0.39 is 0 Å². The van der Waals surface area contributed by atoms with E-state index in [9.17, 15) is 4.79 Å². The van der Waals surface area contributed by atoms with E-state index in [1.54, 1.807) is 4.90 Å². The van der Waals surface area contributed by atoms with E-state index in [2.05, 4.69) is 12.0 Å². The number of hydrogen-bond donors (Lipinski definition) is 0. The van der Waals surface area contributed by atoms with Gasteiger partial charge in [0.05, 0.1) is 0 Å². The summed E-state index contributed by atoms with van der Waals surface area (Å²) < 4.78 is 5.34. The van der Waals surface area contributed by atoms with Crippen LogP contribution in [-0.2, 0) is 37.5 Å². The molecule has 3 nitrogen and oxygen atoms in total. The van der Waals surface area contributed by atoms with Gasteiger partial charge in [-0.25, -0.2) is 6.08 Å². The van der Waals surface area contributed by atoms with Gasteiger partial charge in [0.2, 0.25) is 5.91 Å². The molecule has 0 spiro atoms. The van der Waals surface area contributed by atoms with Crippen LogP contribution in [-0.4, -0.2) is 24.0 Å². The summed E-state index contributed by atoms with van der Waals surface area (Å²) in [6.07, 6.45) is 9.15. The first-order chi connectivity index (χ1) is 9.67. The zero-order valence-corrected chi connectivity index (χ0v) is 15.3. The van der Waals surface area contributed by atoms with Gasteiger partial charge in [-0.05, 0) is 19.1 Å². The average molecular weight is 357 g/mol. The normalized spacial score (nSPS) is 17.6. The van der Waals surface area contributed by atoms with Gasteiger partial charge < -0.3 is 9.64 Å². The van der Waals surface area contributed by atoms with Gasteiger partial charge in [-0.3, -0.25) is 4.79 Å². The Morgan fingerprint density at radius 3 is 2.67 bits per heavy atom. The van der Waals surface area contributed by atoms with Crippen LogP contribution < -0.4 is 4.74 Å². The summed E-state index contributed by atoms with van der Waals surface area (Å²) in [6, 6.07) is 7.58. The van der Waals surface area contributed by atoms with E-state index in [-0.39, 0.29) is 51.1 Å². The van der Waals surface area contributed by atoms with Crippen LogP contribution in [0.4, 0.5) is 0 Å². The molecular formula is C17H18NO2Y-. The van der Waals surface area contributed by atoms with E-state index >= 15 is 0 Å². The molecule has 1 amide bonds. The fourth-order valence-corrected chi connectivity index (χ4v) is 2.21. The third-order valence-corrected chi connectivity index (χ3v) is 3.30. The predicted molar refractivity (Wildman–Crippen MR) is 78.6 cm³/mol. The molecule has 107 valence electrons. The summed E-state index contributed by atoms with van der Waals surface area (Å²) in [7, 11) is 0. The minimum Gasteiger partial charge on any atom is -0.481 e. The van der Waals surface area contributed by atoms with Gasteiger partial charge in [0.1, 0.15) is 12.4 Å². The number of ether oxygens (including phenoxy) is 1. The van der Waals surface area contributed by atoms with Crippen molar-refractivity contribution < 1.29 is 42.2 Å². The summed E-state index contributed by atoms with van der Waals surface area (Å²) in [5.74, 6) is 3.33. The fraction of sp³-hybridized carbons (Fsp3) is 0.353. The summed E-state index contributed by atoms with van der Waals surface area (Å²) in [6.45, 7) is 4.82. The standard InChI is InChI=1S/C17H18NO2.Y/c1-4-12-20-15-9-7-14(8-10-15)16-11-6-13(3)17(19)18(16)5-2;/h1,7-10,13H,5-6,12H2,2-3H3;/q-1;. The van der Waals surface area contributed by atoms with E-state index in [0.29, 0.717) is 13.0 Å². The van der Waals surface area contributed by atoms with Crippen molar-refractivity contribution in [1.29, 1.82) is 0 Å². The third kappa shape index (κ3) is 4.19. The molecule has 2 rings (SSSR count). The van der Waals surface area contributed by atoms with Crippen LogP contribution in [0.2, 0.25) is 0 Å². The molecule has 1 unspecified atom stereocenters. The second-order valence-corrected chi connectivity index (χ2v) is 4.73. The number of rotatable bonds is 4. The van der Waals surface area contributed by atoms with Crippen molar-refractivity contribution in [2.45, 2.75) is 20.3 Å². The molecule has 21 heavy (non-hydrogen) atoms. The van der Waals surface area contributed by atoms with Gasteiger partial charge in [-0.2, -0.15) is 5.56 Å². The Bertz CT molecular complexity index is 557. The van der Waals surface area contributed by atoms with Crippen molar-refractivity contribution >= 4 is 11.6 Å². The van der Waals surface area contributed by atoms with Gasteiger partial charge in [-0.15, -0.1) is 24.3 Å². The van der Waals surface area contributed by atoms with Crippen LogP contribution in [0.3, 0.4) is 0 Å². The third-order valence-electron chi connectivity index (χ3n) is 3.30. The number of carbonyl (C=O) groups is 1. The largest absolute Gasteiger partial charge is 0.481 e. The Balaban J connectivity index is 0.00000220. The first kappa shape index (κ1) is 17.9. The smallest absolute Gasteiger partial charge is 0.225 e. The molecule has 1 heterocycles. The minimum absolute atomic E-state index is 0. The van der Waals surface area contributed by atoms with Crippen LogP contribution in [0.15, 0.2) is 24.3 Å². The Kier molecular flexibility index (Phi) is 7.15. The molecule has 1 aromatic rings. The molecule has 1 atom stereocenters. The SMILES string of the molecule is C#CCOc1ccc(C2=[C-]CC(C)C(=O)N2CC)cc1.[Y]. The van der Waals surface area contributed by atoms with E-state index in [4.69, 9.17) is 11.2 Å². The monoisotopic (exact) mass is 357 g/mol. The van der Waals surface area contributed by atoms with Gasteiger partial charge in [0, 0.05) is 45.2 Å². The molecule has 1 radical (unpaired) electrons. The second-order valence-electron chi connectivity index (χ2n) is 4.73. The van der Waals surface area contributed by atoms with Crippen molar-refractivity contribution in [2.75, 3.05) is 13.2 Å². The molecule has 0 saturated heterocycles. The number of nitrogens with zero attached hydrogens (tertiary/aromatic N) is 1. The zero-order chi connectivity index (χ0) is 14.5. The number of benzene rings is 1. The van der Waals surface area contributed by atoms with Crippen LogP contribution in [0.1, 0.15) is 25.8 Å². The quantitative estimate of drug-likeness (QED) is 0.613. The number of allylic oxidation sites excluding steroid dienone is 1. The van der Waals surface area contributed by atoms with Gasteiger partial charge in [0.15, 0.2) is 0 Å². The fourth-order valence-electron chi connectivity index (χ4n) is 2.21. The molecule has 0 fully saturated rings. The Morgan fingerprint density at radius 1 is 1.43 bits per heavy atom. The van der Waals surface area contributed by atoms with Crippen molar-refractivity contribution in [3.05, 3.63) is 35.9 Å². The Hall–Kier alpha value is -1.11. The van der Waals surface area contributed by atoms with Gasteiger partial charge in [0.25, 0.3) is 0 Å². The molecule has 1 aliphatic heterocycles. The predicted octanol–water partition coefficient (Wildman–Crippen LogP) is 2.73. The van der Waals surface area contributed by atoms with Crippen LogP contribution in [0.5, 0.6) is 5.75 Å². The molecule has 4 heteroatoms. The molecule has 1 aliphatic rings. The van der Waals surface area contributed by atoms with Gasteiger partial charge in [-0.1, -0.05) is 19.3 Å². The maximum absolute atomic E-state index is 12.2. The molecule has 0 aliphatic carbocycles. The first-order valence-electron chi connectivity index (χ1n) is 6.76. The number of hydrogen-bond acceptors (Lipinski definition) is 2. The molecule has 1 aromatic carbocycles. The first-order valence-corrected chi connectivity index (χ1v) is 6.76. The molecule has 0 saturated carbocycles. The second kappa shape index (κ2) is 8.36. The van der Waals surface area contributed by atoms with Crippen LogP contribution >= 0.6 is 0 Å². The topological polar surface area (TPSA) is 29.5 Å². The Morgan fingerprint density at radius 2 is 2.10 bits per heavy atom. The van der Waals surface area contributed by atoms with Crippen LogP contribution in [0.25, 0.3) is 5.70 Å². The minimum atomic E-state index is 0. The van der Waals surface area contributed by atoms with E-state index in [1.807, 2.05) is 38.1 Å². The Labute approximate surface area is 151 Å². The average Bonchev–Trinajstić information content (AvgIpc) is 2.48. The summed E-state index contributed by atoms with van der Waals surface area (Å²) in [5.41, 5.74) is 1.83. The van der Waals surface area contributed by atoms with Crippen molar-refractivity contribution in [1.82, 2.24) is 4.90 Å². The summed E-state index contributed by atoms with van der Waals surface area (Å²) in [5, 5.41) is 0. The molecule has 0 aromatic heterocycles. The zero-order valence-electron chi connectivity index (χ0n) is 12.4.